The fourth-order valence-corrected chi connectivity index (χ4v) is 8.84. The van der Waals surface area contributed by atoms with E-state index in [2.05, 4.69) is 69.1 Å². The van der Waals surface area contributed by atoms with E-state index in [-0.39, 0.29) is 54.0 Å². The molecule has 1 fully saturated rings. The van der Waals surface area contributed by atoms with Crippen molar-refractivity contribution in [3.8, 4) is 0 Å². The van der Waals surface area contributed by atoms with Gasteiger partial charge in [-0.25, -0.2) is 9.37 Å². The van der Waals surface area contributed by atoms with Crippen LogP contribution in [-0.4, -0.2) is 94.5 Å². The Balaban J connectivity index is 1.93. The fourth-order valence-electron chi connectivity index (χ4n) is 8.00. The van der Waals surface area contributed by atoms with Crippen LogP contribution in [0, 0.1) is 29.0 Å². The highest BCUT2D eigenvalue weighted by molar-refractivity contribution is 7.09. The third kappa shape index (κ3) is 15.1. The molecule has 2 aromatic rings. The lowest BCUT2D eigenvalue weighted by Crippen LogP contribution is -2.57. The molecule has 14 heteroatoms. The number of nitrogens with one attached hydrogen (secondary N) is 2. The summed E-state index contributed by atoms with van der Waals surface area (Å²) in [4.78, 5) is 62.5. The summed E-state index contributed by atoms with van der Waals surface area (Å²) < 4.78 is 20.3. The molecule has 0 bridgehead atoms. The lowest BCUT2D eigenvalue weighted by molar-refractivity contribution is -0.149. The number of nitrogen functional groups attached to an aromatic ring is 1. The van der Waals surface area contributed by atoms with Crippen LogP contribution in [0.5, 0.6) is 0 Å². The molecule has 5 N–H and O–H groups in total. The van der Waals surface area contributed by atoms with Crippen molar-refractivity contribution in [3.63, 3.8) is 0 Å². The number of benzene rings is 1. The lowest BCUT2D eigenvalue weighted by atomic mass is 9.84. The summed E-state index contributed by atoms with van der Waals surface area (Å²) >= 11 is 1.19. The number of carboxylic acids is 1. The molecule has 2 amide bonds. The largest absolute Gasteiger partial charge is 0.481 e. The Bertz CT molecular complexity index is 1670. The number of rotatable bonds is 24. The summed E-state index contributed by atoms with van der Waals surface area (Å²) in [6.07, 6.45) is 6.76. The predicted octanol–water partition coefficient (Wildman–Crippen LogP) is 7.87. The molecule has 332 valence electrons. The first-order valence-electron chi connectivity index (χ1n) is 21.7. The maximum Gasteiger partial charge on any atom is 0.309 e. The van der Waals surface area contributed by atoms with Crippen LogP contribution in [0.15, 0.2) is 23.6 Å². The molecule has 0 spiro atoms. The zero-order chi connectivity index (χ0) is 44.0. The Morgan fingerprint density at radius 1 is 1.15 bits per heavy atom. The van der Waals surface area contributed by atoms with Gasteiger partial charge >= 0.3 is 11.9 Å². The van der Waals surface area contributed by atoms with Crippen molar-refractivity contribution in [1.82, 2.24) is 25.4 Å². The highest BCUT2D eigenvalue weighted by Crippen LogP contribution is 2.33. The Kier molecular flexibility index (Phi) is 19.7. The minimum absolute atomic E-state index is 0.00495. The Hall–Kier alpha value is -3.62. The molecule has 0 aliphatic carbocycles. The average Bonchev–Trinajstić information content (AvgIpc) is 3.66. The van der Waals surface area contributed by atoms with Crippen LogP contribution in [0.1, 0.15) is 147 Å². The number of aliphatic carboxylic acids is 1. The first-order valence-corrected chi connectivity index (χ1v) is 22.6. The van der Waals surface area contributed by atoms with Gasteiger partial charge in [0.05, 0.1) is 17.1 Å². The third-order valence-corrected chi connectivity index (χ3v) is 13.0. The van der Waals surface area contributed by atoms with E-state index in [1.165, 1.54) is 36.8 Å². The molecular formula is C45H73FN6O6S. The van der Waals surface area contributed by atoms with Crippen molar-refractivity contribution in [3.05, 3.63) is 45.7 Å². The van der Waals surface area contributed by atoms with E-state index < -0.39 is 41.2 Å². The van der Waals surface area contributed by atoms with E-state index >= 15 is 0 Å². The van der Waals surface area contributed by atoms with E-state index in [0.29, 0.717) is 35.5 Å². The summed E-state index contributed by atoms with van der Waals surface area (Å²) in [5, 5.41) is 18.5. The number of unbranched alkanes of at least 4 members (excludes halogenated alkanes) is 3. The highest BCUT2D eigenvalue weighted by atomic mass is 32.1. The van der Waals surface area contributed by atoms with Crippen LogP contribution in [0.4, 0.5) is 10.1 Å². The maximum absolute atomic E-state index is 14.9. The number of hydrogen-bond acceptors (Lipinski definition) is 10. The molecule has 1 aliphatic rings. The second-order valence-electron chi connectivity index (χ2n) is 18.0. The zero-order valence-corrected chi connectivity index (χ0v) is 38.1. The lowest BCUT2D eigenvalue weighted by Gasteiger charge is -2.41. The number of likely N-dealkylation sites (tertiary alicyclic amines) is 1. The molecule has 1 aromatic carbocycles. The van der Waals surface area contributed by atoms with Gasteiger partial charge in [-0.05, 0) is 95.0 Å². The Morgan fingerprint density at radius 2 is 1.86 bits per heavy atom. The number of aromatic nitrogens is 1. The van der Waals surface area contributed by atoms with Gasteiger partial charge in [0.15, 0.2) is 6.10 Å². The number of halogens is 1. The number of piperidine rings is 1. The number of nitrogens with two attached hydrogens (primary N) is 1. The maximum atomic E-state index is 14.9. The molecule has 1 saturated heterocycles. The van der Waals surface area contributed by atoms with Gasteiger partial charge in [0.25, 0.3) is 5.91 Å². The number of nitrogens with zero attached hydrogens (tertiary/aromatic N) is 3. The number of ether oxygens (including phenoxy) is 1. The van der Waals surface area contributed by atoms with Crippen molar-refractivity contribution in [2.75, 3.05) is 32.4 Å². The Labute approximate surface area is 356 Å². The van der Waals surface area contributed by atoms with Crippen LogP contribution in [0.25, 0.3) is 0 Å². The predicted molar refractivity (Wildman–Crippen MR) is 234 cm³/mol. The van der Waals surface area contributed by atoms with Gasteiger partial charge in [0, 0.05) is 49.9 Å². The average molecular weight is 845 g/mol. The third-order valence-electron chi connectivity index (χ3n) is 12.0. The van der Waals surface area contributed by atoms with Crippen LogP contribution >= 0.6 is 11.3 Å². The van der Waals surface area contributed by atoms with Gasteiger partial charge in [0.1, 0.15) is 16.5 Å². The van der Waals surface area contributed by atoms with Crippen LogP contribution in [0.3, 0.4) is 0 Å². The standard InChI is InChI=1S/C45H73FN6O6S/c1-11-13-14-15-19-52(43(55)40(30(6)12-2)48-26-34-21-29(5)18-20-51(34)10)38(28(3)4)24-39(58-31(7)53)42-50-37(27-59-42)41(54)49-33(25-45(8,9)44(56)57)22-32-16-17-36(47)35(46)23-32/h16-17,23,27-30,33-34,38-40,48H,11-15,18-22,24-26,47H2,1-10H3,(H,49,54)(H,56,57)/t29-,30+,33+,34?,38-,39-,40+/m1/s1. The topological polar surface area (TPSA) is 167 Å². The van der Waals surface area contributed by atoms with Crippen molar-refractivity contribution < 1.29 is 33.4 Å². The number of amides is 2. The first kappa shape index (κ1) is 49.7. The quantitative estimate of drug-likeness (QED) is 0.0464. The second kappa shape index (κ2) is 23.4. The molecule has 2 heterocycles. The Morgan fingerprint density at radius 3 is 2.47 bits per heavy atom. The smallest absolute Gasteiger partial charge is 0.309 e. The van der Waals surface area contributed by atoms with E-state index in [9.17, 15) is 28.7 Å². The van der Waals surface area contributed by atoms with Crippen molar-refractivity contribution >= 4 is 40.8 Å². The minimum atomic E-state index is -1.20. The second-order valence-corrected chi connectivity index (χ2v) is 18.9. The molecule has 3 rings (SSSR count). The number of hydrogen-bond donors (Lipinski definition) is 4. The van der Waals surface area contributed by atoms with Crippen molar-refractivity contribution in [2.45, 2.75) is 157 Å². The molecule has 0 radical (unpaired) electrons. The molecule has 1 aliphatic heterocycles. The van der Waals surface area contributed by atoms with Gasteiger partial charge in [-0.1, -0.05) is 73.3 Å². The highest BCUT2D eigenvalue weighted by Gasteiger charge is 2.38. The SMILES string of the molecule is CCCCCCN(C(=O)[C@@H](NCC1C[C@H](C)CCN1C)[C@@H](C)CC)[C@H](C[C@@H](OC(C)=O)c1nc(C(=O)N[C@@H](Cc2ccc(N)c(F)c2)CC(C)(C)C(=O)O)cs1)C(C)C. The number of thiazole rings is 1. The van der Waals surface area contributed by atoms with Gasteiger partial charge in [-0.2, -0.15) is 0 Å². The normalized spacial score (nSPS) is 18.8. The number of carbonyl (C=O) groups excluding carboxylic acids is 3. The van der Waals surface area contributed by atoms with E-state index in [1.807, 2.05) is 4.90 Å². The zero-order valence-electron chi connectivity index (χ0n) is 37.3. The number of carbonyl (C=O) groups is 4. The van der Waals surface area contributed by atoms with Crippen LogP contribution in [0.2, 0.25) is 0 Å². The number of carboxylic acid groups (broad SMARTS) is 1. The molecule has 1 unspecified atom stereocenters. The van der Waals surface area contributed by atoms with Crippen molar-refractivity contribution in [2.24, 2.45) is 23.2 Å². The molecule has 12 nitrogen and oxygen atoms in total. The minimum Gasteiger partial charge on any atom is -0.481 e. The van der Waals surface area contributed by atoms with Gasteiger partial charge < -0.3 is 36.0 Å². The van der Waals surface area contributed by atoms with Crippen LogP contribution in [-0.2, 0) is 25.5 Å². The summed E-state index contributed by atoms with van der Waals surface area (Å²) in [6.45, 7) is 19.7. The number of esters is 1. The van der Waals surface area contributed by atoms with Crippen molar-refractivity contribution in [1.29, 1.82) is 0 Å². The molecular weight excluding hydrogens is 772 g/mol. The molecule has 7 atom stereocenters. The van der Waals surface area contributed by atoms with E-state index in [4.69, 9.17) is 10.5 Å². The van der Waals surface area contributed by atoms with E-state index in [1.54, 1.807) is 25.3 Å². The molecule has 0 saturated carbocycles. The molecule has 1 aromatic heterocycles. The van der Waals surface area contributed by atoms with Gasteiger partial charge in [0.2, 0.25) is 5.91 Å². The van der Waals surface area contributed by atoms with Gasteiger partial charge in [-0.3, -0.25) is 19.2 Å². The van der Waals surface area contributed by atoms with Crippen LogP contribution < -0.4 is 16.4 Å². The fraction of sp³-hybridized carbons (Fsp3) is 0.711. The summed E-state index contributed by atoms with van der Waals surface area (Å²) in [7, 11) is 2.17. The number of anilines is 1. The summed E-state index contributed by atoms with van der Waals surface area (Å²) in [5.74, 6) is -1.88. The van der Waals surface area contributed by atoms with E-state index in [0.717, 1.165) is 51.6 Å². The first-order chi connectivity index (χ1) is 27.8. The summed E-state index contributed by atoms with van der Waals surface area (Å²) in [6, 6.07) is 3.35. The van der Waals surface area contributed by atoms with Gasteiger partial charge in [-0.15, -0.1) is 11.3 Å². The molecule has 59 heavy (non-hydrogen) atoms. The number of likely N-dealkylation sites (N-methyl/N-ethyl adjacent to an activating group) is 1. The summed E-state index contributed by atoms with van der Waals surface area (Å²) in [5.41, 5.74) is 5.10. The monoisotopic (exact) mass is 845 g/mol.